The van der Waals surface area contributed by atoms with E-state index in [2.05, 4.69) is 29.6 Å². The van der Waals surface area contributed by atoms with Crippen LogP contribution in [0.1, 0.15) is 56.9 Å². The van der Waals surface area contributed by atoms with Gasteiger partial charge in [0.25, 0.3) is 0 Å². The first-order chi connectivity index (χ1) is 11.6. The zero-order chi connectivity index (χ0) is 17.5. The van der Waals surface area contributed by atoms with Crippen LogP contribution in [-0.2, 0) is 11.3 Å². The van der Waals surface area contributed by atoms with Gasteiger partial charge in [-0.05, 0) is 25.7 Å². The average Bonchev–Trinajstić information content (AvgIpc) is 3.09. The van der Waals surface area contributed by atoms with Crippen LogP contribution in [0.2, 0.25) is 0 Å². The molecule has 0 aromatic carbocycles. The van der Waals surface area contributed by atoms with Crippen molar-refractivity contribution in [2.24, 2.45) is 5.92 Å². The molecule has 2 heterocycles. The molecule has 1 fully saturated rings. The number of piperidine rings is 1. The molecular weight excluding hydrogens is 308 g/mol. The summed E-state index contributed by atoms with van der Waals surface area (Å²) in [5.74, 6) is 0.928. The Balaban J connectivity index is 1.85. The SMILES string of the molecule is CCC(CC)c1cc(CNC(=O)N2CCC[C@H](C(=O)NC)C2)on1. The first kappa shape index (κ1) is 18.3. The Morgan fingerprint density at radius 3 is 2.83 bits per heavy atom. The van der Waals surface area contributed by atoms with Crippen LogP contribution in [0.5, 0.6) is 0 Å². The van der Waals surface area contributed by atoms with Gasteiger partial charge in [0.15, 0.2) is 5.76 Å². The van der Waals surface area contributed by atoms with Crippen molar-refractivity contribution < 1.29 is 14.1 Å². The van der Waals surface area contributed by atoms with E-state index in [1.165, 1.54) is 0 Å². The largest absolute Gasteiger partial charge is 0.359 e. The summed E-state index contributed by atoms with van der Waals surface area (Å²) < 4.78 is 5.32. The normalized spacial score (nSPS) is 17.8. The minimum absolute atomic E-state index is 0.00227. The summed E-state index contributed by atoms with van der Waals surface area (Å²) in [5.41, 5.74) is 0.946. The maximum Gasteiger partial charge on any atom is 0.317 e. The number of nitrogens with zero attached hydrogens (tertiary/aromatic N) is 2. The highest BCUT2D eigenvalue weighted by molar-refractivity contribution is 5.80. The zero-order valence-electron chi connectivity index (χ0n) is 14.8. The van der Waals surface area contributed by atoms with Crippen LogP contribution in [0.3, 0.4) is 0 Å². The molecule has 7 heteroatoms. The standard InChI is InChI=1S/C17H28N4O3/c1-4-12(5-2)15-9-14(24-20-15)10-19-17(23)21-8-6-7-13(11-21)16(22)18-3/h9,12-13H,4-8,10-11H2,1-3H3,(H,18,22)(H,19,23)/t13-/m0/s1. The third-order valence-corrected chi connectivity index (χ3v) is 4.72. The van der Waals surface area contributed by atoms with Crippen LogP contribution >= 0.6 is 0 Å². The molecule has 1 saturated heterocycles. The fraction of sp³-hybridized carbons (Fsp3) is 0.706. The van der Waals surface area contributed by atoms with E-state index in [-0.39, 0.29) is 17.9 Å². The van der Waals surface area contributed by atoms with Gasteiger partial charge in [0, 0.05) is 32.1 Å². The number of carbonyl (C=O) groups excluding carboxylic acids is 2. The predicted octanol–water partition coefficient (Wildman–Crippen LogP) is 2.25. The number of nitrogens with one attached hydrogen (secondary N) is 2. The van der Waals surface area contributed by atoms with E-state index in [0.717, 1.165) is 31.4 Å². The lowest BCUT2D eigenvalue weighted by Crippen LogP contribution is -2.48. The number of carbonyl (C=O) groups is 2. The van der Waals surface area contributed by atoms with Crippen LogP contribution in [0.25, 0.3) is 0 Å². The topological polar surface area (TPSA) is 87.5 Å². The number of rotatable bonds is 6. The first-order valence-corrected chi connectivity index (χ1v) is 8.78. The molecule has 1 atom stereocenters. The molecule has 24 heavy (non-hydrogen) atoms. The quantitative estimate of drug-likeness (QED) is 0.834. The highest BCUT2D eigenvalue weighted by atomic mass is 16.5. The minimum Gasteiger partial charge on any atom is -0.359 e. The molecule has 0 unspecified atom stereocenters. The molecule has 134 valence electrons. The number of hydrogen-bond donors (Lipinski definition) is 2. The summed E-state index contributed by atoms with van der Waals surface area (Å²) in [6, 6.07) is 1.76. The summed E-state index contributed by atoms with van der Waals surface area (Å²) >= 11 is 0. The Hall–Kier alpha value is -2.05. The van der Waals surface area contributed by atoms with Crippen molar-refractivity contribution in [2.75, 3.05) is 20.1 Å². The minimum atomic E-state index is -0.163. The third-order valence-electron chi connectivity index (χ3n) is 4.72. The molecule has 0 spiro atoms. The smallest absolute Gasteiger partial charge is 0.317 e. The van der Waals surface area contributed by atoms with Crippen LogP contribution in [0.4, 0.5) is 4.79 Å². The van der Waals surface area contributed by atoms with E-state index in [1.807, 2.05) is 6.07 Å². The van der Waals surface area contributed by atoms with E-state index in [4.69, 9.17) is 4.52 Å². The van der Waals surface area contributed by atoms with Gasteiger partial charge < -0.3 is 20.1 Å². The molecule has 0 aliphatic carbocycles. The molecule has 0 radical (unpaired) electrons. The molecule has 1 aliphatic rings. The fourth-order valence-corrected chi connectivity index (χ4v) is 3.17. The van der Waals surface area contributed by atoms with E-state index in [9.17, 15) is 9.59 Å². The lowest BCUT2D eigenvalue weighted by Gasteiger charge is -2.31. The molecule has 0 saturated carbocycles. The molecule has 2 rings (SSSR count). The van der Waals surface area contributed by atoms with Crippen molar-refractivity contribution in [2.45, 2.75) is 52.0 Å². The number of aromatic nitrogens is 1. The Bertz CT molecular complexity index is 554. The fourth-order valence-electron chi connectivity index (χ4n) is 3.17. The van der Waals surface area contributed by atoms with Crippen molar-refractivity contribution in [3.8, 4) is 0 Å². The van der Waals surface area contributed by atoms with Gasteiger partial charge in [-0.1, -0.05) is 19.0 Å². The third kappa shape index (κ3) is 4.49. The molecular formula is C17H28N4O3. The van der Waals surface area contributed by atoms with E-state index >= 15 is 0 Å². The van der Waals surface area contributed by atoms with Crippen molar-refractivity contribution in [1.29, 1.82) is 0 Å². The average molecular weight is 336 g/mol. The number of urea groups is 1. The second-order valence-electron chi connectivity index (χ2n) is 6.29. The maximum absolute atomic E-state index is 12.3. The van der Waals surface area contributed by atoms with Crippen LogP contribution in [0, 0.1) is 5.92 Å². The highest BCUT2D eigenvalue weighted by Gasteiger charge is 2.27. The lowest BCUT2D eigenvalue weighted by molar-refractivity contribution is -0.125. The number of amides is 3. The van der Waals surface area contributed by atoms with Crippen LogP contribution in [-0.4, -0.2) is 42.1 Å². The van der Waals surface area contributed by atoms with E-state index < -0.39 is 0 Å². The molecule has 1 aromatic heterocycles. The van der Waals surface area contributed by atoms with E-state index in [1.54, 1.807) is 11.9 Å². The van der Waals surface area contributed by atoms with Gasteiger partial charge in [0.2, 0.25) is 5.91 Å². The molecule has 1 aliphatic heterocycles. The summed E-state index contributed by atoms with van der Waals surface area (Å²) in [6.07, 6.45) is 3.70. The van der Waals surface area contributed by atoms with Gasteiger partial charge in [-0.3, -0.25) is 4.79 Å². The van der Waals surface area contributed by atoms with E-state index in [0.29, 0.717) is 31.3 Å². The second-order valence-corrected chi connectivity index (χ2v) is 6.29. The summed E-state index contributed by atoms with van der Waals surface area (Å²) in [5, 5.41) is 9.61. The van der Waals surface area contributed by atoms with Crippen LogP contribution < -0.4 is 10.6 Å². The van der Waals surface area contributed by atoms with Gasteiger partial charge in [-0.2, -0.15) is 0 Å². The number of hydrogen-bond acceptors (Lipinski definition) is 4. The molecule has 3 amide bonds. The zero-order valence-corrected chi connectivity index (χ0v) is 14.8. The monoisotopic (exact) mass is 336 g/mol. The molecule has 2 N–H and O–H groups in total. The van der Waals surface area contributed by atoms with Crippen molar-refractivity contribution in [3.63, 3.8) is 0 Å². The Morgan fingerprint density at radius 2 is 2.17 bits per heavy atom. The maximum atomic E-state index is 12.3. The molecule has 1 aromatic rings. The van der Waals surface area contributed by atoms with Crippen molar-refractivity contribution in [1.82, 2.24) is 20.7 Å². The van der Waals surface area contributed by atoms with Crippen molar-refractivity contribution in [3.05, 3.63) is 17.5 Å². The summed E-state index contributed by atoms with van der Waals surface area (Å²) in [6.45, 7) is 5.70. The highest BCUT2D eigenvalue weighted by Crippen LogP contribution is 2.22. The first-order valence-electron chi connectivity index (χ1n) is 8.78. The van der Waals surface area contributed by atoms with Gasteiger partial charge >= 0.3 is 6.03 Å². The lowest BCUT2D eigenvalue weighted by atomic mass is 9.97. The van der Waals surface area contributed by atoms with Gasteiger partial charge in [0.1, 0.15) is 0 Å². The van der Waals surface area contributed by atoms with Gasteiger partial charge in [-0.25, -0.2) is 4.79 Å². The Kier molecular flexibility index (Phi) is 6.63. The van der Waals surface area contributed by atoms with Crippen LogP contribution in [0.15, 0.2) is 10.6 Å². The number of likely N-dealkylation sites (tertiary alicyclic amines) is 1. The second kappa shape index (κ2) is 8.70. The predicted molar refractivity (Wildman–Crippen MR) is 90.4 cm³/mol. The van der Waals surface area contributed by atoms with Gasteiger partial charge in [-0.15, -0.1) is 0 Å². The Morgan fingerprint density at radius 1 is 1.42 bits per heavy atom. The van der Waals surface area contributed by atoms with Gasteiger partial charge in [0.05, 0.1) is 18.2 Å². The summed E-state index contributed by atoms with van der Waals surface area (Å²) in [7, 11) is 1.63. The molecule has 7 nitrogen and oxygen atoms in total. The summed E-state index contributed by atoms with van der Waals surface area (Å²) in [4.78, 5) is 25.7. The molecule has 0 bridgehead atoms. The Labute approximate surface area is 143 Å². The van der Waals surface area contributed by atoms with Crippen molar-refractivity contribution >= 4 is 11.9 Å².